The van der Waals surface area contributed by atoms with Crippen molar-refractivity contribution in [1.29, 1.82) is 0 Å². The summed E-state index contributed by atoms with van der Waals surface area (Å²) in [5.74, 6) is 1.06. The fourth-order valence-electron chi connectivity index (χ4n) is 2.41. The molecule has 0 radical (unpaired) electrons. The lowest BCUT2D eigenvalue weighted by atomic mass is 10.0. The van der Waals surface area contributed by atoms with Crippen LogP contribution in [0.4, 0.5) is 0 Å². The van der Waals surface area contributed by atoms with Crippen LogP contribution in [0.5, 0.6) is 5.88 Å². The third-order valence-electron chi connectivity index (χ3n) is 3.47. The van der Waals surface area contributed by atoms with Gasteiger partial charge in [-0.05, 0) is 24.3 Å². The van der Waals surface area contributed by atoms with E-state index in [4.69, 9.17) is 4.74 Å². The molecule has 2 atom stereocenters. The largest absolute Gasteiger partial charge is 0.481 e. The van der Waals surface area contributed by atoms with Gasteiger partial charge in [0.25, 0.3) is 0 Å². The van der Waals surface area contributed by atoms with Crippen LogP contribution < -0.4 is 10.1 Å². The molecule has 1 aliphatic rings. The number of aliphatic hydroxyl groups is 1. The predicted molar refractivity (Wildman–Crippen MR) is 65.8 cm³/mol. The van der Waals surface area contributed by atoms with Crippen LogP contribution >= 0.6 is 0 Å². The monoisotopic (exact) mass is 236 g/mol. The van der Waals surface area contributed by atoms with Crippen molar-refractivity contribution in [1.82, 2.24) is 10.3 Å². The summed E-state index contributed by atoms with van der Waals surface area (Å²) >= 11 is 0. The lowest BCUT2D eigenvalue weighted by molar-refractivity contribution is 0.205. The molecule has 0 saturated heterocycles. The highest BCUT2D eigenvalue weighted by molar-refractivity contribution is 5.17. The molecule has 0 aliphatic heterocycles. The molecule has 1 saturated carbocycles. The van der Waals surface area contributed by atoms with E-state index in [0.717, 1.165) is 24.9 Å². The van der Waals surface area contributed by atoms with Crippen molar-refractivity contribution >= 4 is 0 Å². The van der Waals surface area contributed by atoms with E-state index in [2.05, 4.69) is 10.3 Å². The molecule has 2 rings (SSSR count). The molecule has 1 aromatic heterocycles. The SMILES string of the molecule is COc1ccc(CNC2CCCC2CO)cn1. The third kappa shape index (κ3) is 3.17. The molecule has 0 amide bonds. The van der Waals surface area contributed by atoms with E-state index in [1.54, 1.807) is 7.11 Å². The van der Waals surface area contributed by atoms with Gasteiger partial charge in [0.1, 0.15) is 0 Å². The Kier molecular flexibility index (Phi) is 4.34. The summed E-state index contributed by atoms with van der Waals surface area (Å²) < 4.78 is 5.02. The topological polar surface area (TPSA) is 54.4 Å². The number of ether oxygens (including phenoxy) is 1. The third-order valence-corrected chi connectivity index (χ3v) is 3.47. The quantitative estimate of drug-likeness (QED) is 0.810. The van der Waals surface area contributed by atoms with Crippen LogP contribution in [0, 0.1) is 5.92 Å². The van der Waals surface area contributed by atoms with E-state index in [-0.39, 0.29) is 0 Å². The maximum absolute atomic E-state index is 9.23. The van der Waals surface area contributed by atoms with Gasteiger partial charge in [-0.1, -0.05) is 12.5 Å². The Hall–Kier alpha value is -1.13. The van der Waals surface area contributed by atoms with E-state index in [0.29, 0.717) is 24.4 Å². The molecule has 17 heavy (non-hydrogen) atoms. The van der Waals surface area contributed by atoms with Crippen LogP contribution in [0.15, 0.2) is 18.3 Å². The summed E-state index contributed by atoms with van der Waals surface area (Å²) in [6.07, 6.45) is 5.34. The fourth-order valence-corrected chi connectivity index (χ4v) is 2.41. The van der Waals surface area contributed by atoms with E-state index in [1.165, 1.54) is 6.42 Å². The van der Waals surface area contributed by atoms with Gasteiger partial charge in [0.05, 0.1) is 7.11 Å². The minimum Gasteiger partial charge on any atom is -0.481 e. The fraction of sp³-hybridized carbons (Fsp3) is 0.615. The Balaban J connectivity index is 1.84. The Bertz CT molecular complexity index is 340. The van der Waals surface area contributed by atoms with E-state index in [1.807, 2.05) is 18.3 Å². The smallest absolute Gasteiger partial charge is 0.212 e. The van der Waals surface area contributed by atoms with Crippen LogP contribution in [0.1, 0.15) is 24.8 Å². The molecular weight excluding hydrogens is 216 g/mol. The van der Waals surface area contributed by atoms with Crippen LogP contribution in [-0.2, 0) is 6.54 Å². The van der Waals surface area contributed by atoms with E-state index >= 15 is 0 Å². The first-order chi connectivity index (χ1) is 8.33. The van der Waals surface area contributed by atoms with Crippen molar-refractivity contribution in [2.45, 2.75) is 31.8 Å². The number of hydrogen-bond acceptors (Lipinski definition) is 4. The zero-order chi connectivity index (χ0) is 12.1. The summed E-state index contributed by atoms with van der Waals surface area (Å²) in [6.45, 7) is 1.09. The van der Waals surface area contributed by atoms with Gasteiger partial charge in [0.15, 0.2) is 0 Å². The van der Waals surface area contributed by atoms with Gasteiger partial charge in [-0.15, -0.1) is 0 Å². The normalized spacial score (nSPS) is 23.9. The molecule has 0 spiro atoms. The van der Waals surface area contributed by atoms with Crippen molar-refractivity contribution in [3.8, 4) is 5.88 Å². The first kappa shape index (κ1) is 12.3. The lowest BCUT2D eigenvalue weighted by Gasteiger charge is -2.18. The molecular formula is C13H20N2O2. The molecule has 4 heteroatoms. The number of aromatic nitrogens is 1. The maximum Gasteiger partial charge on any atom is 0.212 e. The molecule has 1 aromatic rings. The van der Waals surface area contributed by atoms with Crippen molar-refractivity contribution in [3.63, 3.8) is 0 Å². The highest BCUT2D eigenvalue weighted by atomic mass is 16.5. The summed E-state index contributed by atoms with van der Waals surface area (Å²) in [5, 5.41) is 12.7. The highest BCUT2D eigenvalue weighted by Gasteiger charge is 2.25. The van der Waals surface area contributed by atoms with Crippen molar-refractivity contribution in [2.75, 3.05) is 13.7 Å². The van der Waals surface area contributed by atoms with Gasteiger partial charge < -0.3 is 15.2 Å². The van der Waals surface area contributed by atoms with Crippen LogP contribution in [0.2, 0.25) is 0 Å². The van der Waals surface area contributed by atoms with Crippen molar-refractivity contribution < 1.29 is 9.84 Å². The second-order valence-corrected chi connectivity index (χ2v) is 4.57. The molecule has 1 heterocycles. The van der Waals surface area contributed by atoms with Crippen LogP contribution in [0.3, 0.4) is 0 Å². The molecule has 2 N–H and O–H groups in total. The van der Waals surface area contributed by atoms with E-state index in [9.17, 15) is 5.11 Å². The molecule has 4 nitrogen and oxygen atoms in total. The Morgan fingerprint density at radius 1 is 1.47 bits per heavy atom. The van der Waals surface area contributed by atoms with Crippen molar-refractivity contribution in [2.24, 2.45) is 5.92 Å². The molecule has 94 valence electrons. The highest BCUT2D eigenvalue weighted by Crippen LogP contribution is 2.25. The van der Waals surface area contributed by atoms with Crippen LogP contribution in [-0.4, -0.2) is 29.8 Å². The van der Waals surface area contributed by atoms with Gasteiger partial charge in [0.2, 0.25) is 5.88 Å². The summed E-state index contributed by atoms with van der Waals surface area (Å²) in [7, 11) is 1.62. The summed E-state index contributed by atoms with van der Waals surface area (Å²) in [4.78, 5) is 4.17. The van der Waals surface area contributed by atoms with Gasteiger partial charge >= 0.3 is 0 Å². The number of aliphatic hydroxyl groups excluding tert-OH is 1. The van der Waals surface area contributed by atoms with Crippen LogP contribution in [0.25, 0.3) is 0 Å². The van der Waals surface area contributed by atoms with Gasteiger partial charge in [-0.3, -0.25) is 0 Å². The Morgan fingerprint density at radius 2 is 2.35 bits per heavy atom. The average molecular weight is 236 g/mol. The second kappa shape index (κ2) is 5.98. The first-order valence-corrected chi connectivity index (χ1v) is 6.16. The standard InChI is InChI=1S/C13H20N2O2/c1-17-13-6-5-10(8-15-13)7-14-12-4-2-3-11(12)9-16/h5-6,8,11-12,14,16H,2-4,7,9H2,1H3. The minimum atomic E-state index is 0.290. The molecule has 1 aliphatic carbocycles. The molecule has 0 bridgehead atoms. The molecule has 0 aromatic carbocycles. The average Bonchev–Trinajstić information content (AvgIpc) is 2.84. The van der Waals surface area contributed by atoms with Crippen molar-refractivity contribution in [3.05, 3.63) is 23.9 Å². The zero-order valence-corrected chi connectivity index (χ0v) is 10.2. The van der Waals surface area contributed by atoms with Gasteiger partial charge in [-0.25, -0.2) is 4.98 Å². The number of pyridine rings is 1. The van der Waals surface area contributed by atoms with Gasteiger partial charge in [0, 0.05) is 31.5 Å². The number of rotatable bonds is 5. The lowest BCUT2D eigenvalue weighted by Crippen LogP contribution is -2.33. The maximum atomic E-state index is 9.23. The number of methoxy groups -OCH3 is 1. The minimum absolute atomic E-state index is 0.290. The Labute approximate surface area is 102 Å². The summed E-state index contributed by atoms with van der Waals surface area (Å²) in [5.41, 5.74) is 1.15. The zero-order valence-electron chi connectivity index (χ0n) is 10.2. The molecule has 1 fully saturated rings. The Morgan fingerprint density at radius 3 is 3.00 bits per heavy atom. The van der Waals surface area contributed by atoms with Gasteiger partial charge in [-0.2, -0.15) is 0 Å². The number of hydrogen-bond donors (Lipinski definition) is 2. The van der Waals surface area contributed by atoms with E-state index < -0.39 is 0 Å². The molecule has 2 unspecified atom stereocenters. The number of nitrogens with one attached hydrogen (secondary N) is 1. The second-order valence-electron chi connectivity index (χ2n) is 4.57. The predicted octanol–water partition coefficient (Wildman–Crippen LogP) is 1.34. The first-order valence-electron chi connectivity index (χ1n) is 6.16. The number of nitrogens with zero attached hydrogens (tertiary/aromatic N) is 1. The summed E-state index contributed by atoms with van der Waals surface area (Å²) in [6, 6.07) is 4.33.